The number of pyridine rings is 1. The summed E-state index contributed by atoms with van der Waals surface area (Å²) in [6, 6.07) is 3.57. The highest BCUT2D eigenvalue weighted by atomic mass is 35.5. The van der Waals surface area contributed by atoms with Crippen LogP contribution in [0.4, 0.5) is 5.95 Å². The van der Waals surface area contributed by atoms with Crippen LogP contribution in [0.15, 0.2) is 37.2 Å². The molecule has 3 aromatic heterocycles. The highest BCUT2D eigenvalue weighted by Gasteiger charge is 2.24. The van der Waals surface area contributed by atoms with Gasteiger partial charge in [0.15, 0.2) is 5.65 Å². The number of nitrogens with zero attached hydrogens (tertiary/aromatic N) is 7. The normalized spacial score (nSPS) is 13.7. The highest BCUT2D eigenvalue weighted by Crippen LogP contribution is 2.47. The van der Waals surface area contributed by atoms with E-state index in [2.05, 4.69) is 26.6 Å². The summed E-state index contributed by atoms with van der Waals surface area (Å²) in [4.78, 5) is 33.7. The summed E-state index contributed by atoms with van der Waals surface area (Å²) in [5.74, 6) is 1.25. The molecule has 0 saturated carbocycles. The minimum absolute atomic E-state index is 0.0187. The second kappa shape index (κ2) is 13.5. The number of methoxy groups -OCH3 is 2. The Balaban J connectivity index is 1.51. The van der Waals surface area contributed by atoms with Crippen LogP contribution in [-0.4, -0.2) is 95.1 Å². The first-order valence-electron chi connectivity index (χ1n) is 13.9. The van der Waals surface area contributed by atoms with E-state index in [1.165, 1.54) is 20.3 Å². The SMILES string of the molecule is [C-]#[N+]CCNc1ncc2cc(-c3c(Cl)c(OC)cc(OC)c3Cl)c3nc(CCCN4CCN(C(=O)C=C)CC4)cn3c2n1. The fourth-order valence-corrected chi connectivity index (χ4v) is 5.92. The molecule has 1 fully saturated rings. The van der Waals surface area contributed by atoms with Gasteiger partial charge in [0.2, 0.25) is 18.4 Å². The fraction of sp³-hybridized carbons (Fsp3) is 0.367. The van der Waals surface area contributed by atoms with Crippen molar-refractivity contribution in [3.05, 3.63) is 64.3 Å². The number of aromatic nitrogens is 4. The third-order valence-electron chi connectivity index (χ3n) is 7.44. The van der Waals surface area contributed by atoms with Gasteiger partial charge in [-0.05, 0) is 31.5 Å². The van der Waals surface area contributed by atoms with Crippen molar-refractivity contribution in [3.63, 3.8) is 0 Å². The van der Waals surface area contributed by atoms with E-state index in [1.54, 1.807) is 12.3 Å². The first-order valence-corrected chi connectivity index (χ1v) is 14.6. The van der Waals surface area contributed by atoms with Gasteiger partial charge < -0.3 is 24.5 Å². The number of halogens is 2. The topological polar surface area (TPSA) is 101 Å². The van der Waals surface area contributed by atoms with Crippen molar-refractivity contribution in [1.82, 2.24) is 29.2 Å². The van der Waals surface area contributed by atoms with Gasteiger partial charge in [0.05, 0.1) is 36.5 Å². The molecule has 0 bridgehead atoms. The number of carbonyl (C=O) groups is 1. The van der Waals surface area contributed by atoms with Crippen molar-refractivity contribution in [2.75, 3.05) is 65.3 Å². The van der Waals surface area contributed by atoms with Gasteiger partial charge in [-0.25, -0.2) is 16.5 Å². The number of amides is 1. The molecule has 1 amide bonds. The lowest BCUT2D eigenvalue weighted by Gasteiger charge is -2.34. The van der Waals surface area contributed by atoms with Crippen LogP contribution < -0.4 is 14.8 Å². The van der Waals surface area contributed by atoms with Gasteiger partial charge in [0, 0.05) is 61.2 Å². The summed E-state index contributed by atoms with van der Waals surface area (Å²) >= 11 is 13.7. The van der Waals surface area contributed by atoms with Gasteiger partial charge in [-0.3, -0.25) is 14.1 Å². The summed E-state index contributed by atoms with van der Waals surface area (Å²) in [6.07, 6.45) is 6.70. The Morgan fingerprint density at radius 2 is 1.84 bits per heavy atom. The number of hydrogen-bond acceptors (Lipinski definition) is 8. The summed E-state index contributed by atoms with van der Waals surface area (Å²) in [5, 5.41) is 4.54. The lowest BCUT2D eigenvalue weighted by molar-refractivity contribution is -0.127. The summed E-state index contributed by atoms with van der Waals surface area (Å²) in [7, 11) is 3.07. The molecule has 4 heterocycles. The third-order valence-corrected chi connectivity index (χ3v) is 8.19. The Bertz CT molecular complexity index is 1680. The minimum Gasteiger partial charge on any atom is -0.495 e. The highest BCUT2D eigenvalue weighted by molar-refractivity contribution is 6.41. The fourth-order valence-electron chi connectivity index (χ4n) is 5.22. The molecule has 1 N–H and O–H groups in total. The van der Waals surface area contributed by atoms with Crippen molar-refractivity contribution >= 4 is 51.7 Å². The smallest absolute Gasteiger partial charge is 0.246 e. The van der Waals surface area contributed by atoms with Crippen molar-refractivity contribution in [2.24, 2.45) is 0 Å². The molecule has 1 aliphatic heterocycles. The van der Waals surface area contributed by atoms with Gasteiger partial charge in [0.1, 0.15) is 17.1 Å². The number of hydrogen-bond donors (Lipinski definition) is 1. The number of benzene rings is 1. The second-order valence-electron chi connectivity index (χ2n) is 10.0. The first-order chi connectivity index (χ1) is 20.9. The summed E-state index contributed by atoms with van der Waals surface area (Å²) in [5.41, 5.74) is 3.39. The third kappa shape index (κ3) is 6.32. The molecule has 0 aliphatic carbocycles. The molecule has 5 rings (SSSR count). The Kier molecular flexibility index (Phi) is 9.50. The lowest BCUT2D eigenvalue weighted by atomic mass is 10.0. The van der Waals surface area contributed by atoms with E-state index in [4.69, 9.17) is 49.2 Å². The molecule has 224 valence electrons. The zero-order valence-electron chi connectivity index (χ0n) is 24.1. The Morgan fingerprint density at radius 3 is 2.49 bits per heavy atom. The summed E-state index contributed by atoms with van der Waals surface area (Å²) in [6.45, 7) is 15.3. The molecule has 43 heavy (non-hydrogen) atoms. The lowest BCUT2D eigenvalue weighted by Crippen LogP contribution is -2.48. The van der Waals surface area contributed by atoms with Crippen molar-refractivity contribution < 1.29 is 14.3 Å². The molecule has 0 atom stereocenters. The minimum atomic E-state index is -0.0187. The quantitative estimate of drug-likeness (QED) is 0.144. The molecular formula is C30H32Cl2N8O3. The van der Waals surface area contributed by atoms with Crippen molar-refractivity contribution in [3.8, 4) is 22.6 Å². The molecule has 1 aromatic carbocycles. The zero-order chi connectivity index (χ0) is 30.5. The van der Waals surface area contributed by atoms with Gasteiger partial charge in [0.25, 0.3) is 0 Å². The predicted octanol–water partition coefficient (Wildman–Crippen LogP) is 4.86. The van der Waals surface area contributed by atoms with Gasteiger partial charge in [-0.2, -0.15) is 4.98 Å². The Morgan fingerprint density at radius 1 is 1.12 bits per heavy atom. The maximum atomic E-state index is 11.9. The van der Waals surface area contributed by atoms with Crippen LogP contribution in [0.25, 0.3) is 32.7 Å². The number of aryl methyl sites for hydroxylation is 1. The van der Waals surface area contributed by atoms with E-state index >= 15 is 0 Å². The molecule has 0 spiro atoms. The number of nitrogens with one attached hydrogen (secondary N) is 1. The molecule has 0 unspecified atom stereocenters. The number of ether oxygens (including phenoxy) is 2. The predicted molar refractivity (Wildman–Crippen MR) is 168 cm³/mol. The van der Waals surface area contributed by atoms with E-state index < -0.39 is 0 Å². The zero-order valence-corrected chi connectivity index (χ0v) is 25.6. The average molecular weight is 624 g/mol. The van der Waals surface area contributed by atoms with Crippen LogP contribution in [0.1, 0.15) is 12.1 Å². The largest absolute Gasteiger partial charge is 0.495 e. The van der Waals surface area contributed by atoms with Gasteiger partial charge in [-0.1, -0.05) is 29.8 Å². The molecule has 1 saturated heterocycles. The molecular weight excluding hydrogens is 591 g/mol. The molecule has 13 heteroatoms. The first kappa shape index (κ1) is 30.4. The maximum absolute atomic E-state index is 11.9. The molecule has 0 radical (unpaired) electrons. The molecule has 1 aliphatic rings. The number of anilines is 1. The van der Waals surface area contributed by atoms with E-state index in [-0.39, 0.29) is 5.91 Å². The van der Waals surface area contributed by atoms with Gasteiger partial charge >= 0.3 is 0 Å². The van der Waals surface area contributed by atoms with Crippen LogP contribution in [-0.2, 0) is 11.2 Å². The molecule has 11 nitrogen and oxygen atoms in total. The van der Waals surface area contributed by atoms with E-state index in [0.29, 0.717) is 76.1 Å². The van der Waals surface area contributed by atoms with Crippen LogP contribution in [0, 0.1) is 6.57 Å². The average Bonchev–Trinajstić information content (AvgIpc) is 3.46. The van der Waals surface area contributed by atoms with Gasteiger partial charge in [-0.15, -0.1) is 0 Å². The molecule has 4 aromatic rings. The maximum Gasteiger partial charge on any atom is 0.246 e. The van der Waals surface area contributed by atoms with Crippen molar-refractivity contribution in [2.45, 2.75) is 12.8 Å². The standard InChI is InChI=1S/C30H32Cl2N8O3/c1-5-24(41)39-13-11-38(12-14-39)10-6-7-20-18-40-28-19(17-35-30(37-28)34-9-8-33-2)15-21(29(40)36-20)25-26(31)22(42-3)16-23(43-4)27(25)32/h5,15-18H,1,6-14H2,3-4H3,(H,34,35,37). The Hall–Kier alpha value is -4.11. The monoisotopic (exact) mass is 622 g/mol. The number of piperazine rings is 1. The van der Waals surface area contributed by atoms with E-state index in [1.807, 2.05) is 21.6 Å². The Labute approximate surface area is 259 Å². The second-order valence-corrected chi connectivity index (χ2v) is 10.8. The van der Waals surface area contributed by atoms with E-state index in [9.17, 15) is 4.79 Å². The number of rotatable bonds is 11. The summed E-state index contributed by atoms with van der Waals surface area (Å²) < 4.78 is 13.0. The van der Waals surface area contributed by atoms with Crippen LogP contribution >= 0.6 is 23.2 Å². The van der Waals surface area contributed by atoms with E-state index in [0.717, 1.165) is 43.6 Å². The van der Waals surface area contributed by atoms with Crippen molar-refractivity contribution in [1.29, 1.82) is 0 Å². The number of carbonyl (C=O) groups excluding carboxylic acids is 1. The van der Waals surface area contributed by atoms with Crippen LogP contribution in [0.2, 0.25) is 10.0 Å². The number of fused-ring (bicyclic) bond motifs is 3. The van der Waals surface area contributed by atoms with Crippen LogP contribution in [0.5, 0.6) is 11.5 Å². The number of imidazole rings is 1. The van der Waals surface area contributed by atoms with Crippen LogP contribution in [0.3, 0.4) is 0 Å².